The van der Waals surface area contributed by atoms with E-state index < -0.39 is 5.41 Å². The number of hydrogen-bond donors (Lipinski definition) is 2. The zero-order valence-electron chi connectivity index (χ0n) is 9.52. The van der Waals surface area contributed by atoms with E-state index in [2.05, 4.69) is 10.6 Å². The maximum absolute atomic E-state index is 13.3. The molecule has 1 fully saturated rings. The first kappa shape index (κ1) is 12.8. The second-order valence-electron chi connectivity index (χ2n) is 4.54. The van der Waals surface area contributed by atoms with Crippen LogP contribution in [0, 0.1) is 14.8 Å². The van der Waals surface area contributed by atoms with Gasteiger partial charge >= 0.3 is 0 Å². The molecule has 0 saturated carbocycles. The zero-order chi connectivity index (χ0) is 12.5. The van der Waals surface area contributed by atoms with E-state index in [1.54, 1.807) is 12.1 Å². The Morgan fingerprint density at radius 1 is 1.59 bits per heavy atom. The van der Waals surface area contributed by atoms with Gasteiger partial charge in [0.1, 0.15) is 5.82 Å². The summed E-state index contributed by atoms with van der Waals surface area (Å²) >= 11 is 1.90. The summed E-state index contributed by atoms with van der Waals surface area (Å²) in [7, 11) is 0. The van der Waals surface area contributed by atoms with Crippen LogP contribution in [0.1, 0.15) is 13.3 Å². The first-order chi connectivity index (χ1) is 8.03. The minimum atomic E-state index is -0.393. The summed E-state index contributed by atoms with van der Waals surface area (Å²) in [5.74, 6) is -0.357. The van der Waals surface area contributed by atoms with E-state index in [-0.39, 0.29) is 11.7 Å². The summed E-state index contributed by atoms with van der Waals surface area (Å²) in [6.07, 6.45) is 0.810. The van der Waals surface area contributed by atoms with Crippen molar-refractivity contribution in [1.29, 1.82) is 0 Å². The molecule has 1 amide bonds. The van der Waals surface area contributed by atoms with Crippen LogP contribution >= 0.6 is 22.6 Å². The normalized spacial score (nSPS) is 23.7. The fraction of sp³-hybridized carbons (Fsp3) is 0.417. The number of carbonyl (C=O) groups is 1. The van der Waals surface area contributed by atoms with Crippen LogP contribution < -0.4 is 10.6 Å². The van der Waals surface area contributed by atoms with Crippen molar-refractivity contribution in [1.82, 2.24) is 5.32 Å². The average molecular weight is 348 g/mol. The highest BCUT2D eigenvalue weighted by molar-refractivity contribution is 14.1. The minimum Gasteiger partial charge on any atom is -0.325 e. The van der Waals surface area contributed by atoms with Crippen molar-refractivity contribution in [3.8, 4) is 0 Å². The van der Waals surface area contributed by atoms with Crippen LogP contribution in [0.4, 0.5) is 10.1 Å². The topological polar surface area (TPSA) is 41.1 Å². The lowest BCUT2D eigenvalue weighted by molar-refractivity contribution is -0.123. The van der Waals surface area contributed by atoms with E-state index in [0.29, 0.717) is 15.8 Å². The van der Waals surface area contributed by atoms with E-state index in [9.17, 15) is 9.18 Å². The van der Waals surface area contributed by atoms with E-state index in [1.165, 1.54) is 6.07 Å². The molecule has 0 spiro atoms. The van der Waals surface area contributed by atoms with Gasteiger partial charge in [-0.25, -0.2) is 4.39 Å². The van der Waals surface area contributed by atoms with E-state index >= 15 is 0 Å². The van der Waals surface area contributed by atoms with Gasteiger partial charge in [0, 0.05) is 6.54 Å². The van der Waals surface area contributed by atoms with Crippen molar-refractivity contribution in [3.05, 3.63) is 27.6 Å². The Morgan fingerprint density at radius 3 is 3.00 bits per heavy atom. The molecule has 3 nitrogen and oxygen atoms in total. The number of nitrogens with one attached hydrogen (secondary N) is 2. The first-order valence-electron chi connectivity index (χ1n) is 5.49. The highest BCUT2D eigenvalue weighted by Crippen LogP contribution is 2.28. The summed E-state index contributed by atoms with van der Waals surface area (Å²) in [6.45, 7) is 3.45. The summed E-state index contributed by atoms with van der Waals surface area (Å²) in [6, 6.07) is 4.70. The van der Waals surface area contributed by atoms with Crippen LogP contribution in [0.5, 0.6) is 0 Å². The molecule has 2 N–H and O–H groups in total. The standard InChI is InChI=1S/C12H14FIN2O/c1-12(5-6-15-7-12)11(17)16-9-4-2-3-8(13)10(9)14/h2-4,15H,5-7H2,1H3,(H,16,17). The zero-order valence-corrected chi connectivity index (χ0v) is 11.7. The molecule has 1 unspecified atom stereocenters. The quantitative estimate of drug-likeness (QED) is 0.806. The van der Waals surface area contributed by atoms with Crippen molar-refractivity contribution in [2.45, 2.75) is 13.3 Å². The summed E-state index contributed by atoms with van der Waals surface area (Å²) in [4.78, 5) is 12.1. The van der Waals surface area contributed by atoms with Gasteiger partial charge < -0.3 is 10.6 Å². The Kier molecular flexibility index (Phi) is 3.67. The average Bonchev–Trinajstić information content (AvgIpc) is 2.73. The van der Waals surface area contributed by atoms with Gasteiger partial charge in [0.15, 0.2) is 0 Å². The molecular formula is C12H14FIN2O. The molecule has 1 aromatic carbocycles. The third-order valence-corrected chi connectivity index (χ3v) is 4.21. The number of carbonyl (C=O) groups excluding carboxylic acids is 1. The predicted molar refractivity (Wildman–Crippen MR) is 73.3 cm³/mol. The monoisotopic (exact) mass is 348 g/mol. The lowest BCUT2D eigenvalue weighted by atomic mass is 9.89. The Bertz CT molecular complexity index is 444. The number of anilines is 1. The van der Waals surface area contributed by atoms with Crippen LogP contribution in [0.2, 0.25) is 0 Å². The van der Waals surface area contributed by atoms with Crippen LogP contribution in [-0.2, 0) is 4.79 Å². The van der Waals surface area contributed by atoms with Crippen molar-refractivity contribution < 1.29 is 9.18 Å². The van der Waals surface area contributed by atoms with Crippen molar-refractivity contribution >= 4 is 34.2 Å². The molecule has 1 aliphatic heterocycles. The lowest BCUT2D eigenvalue weighted by Crippen LogP contribution is -2.35. The van der Waals surface area contributed by atoms with E-state index in [0.717, 1.165) is 13.0 Å². The molecule has 17 heavy (non-hydrogen) atoms. The molecule has 1 saturated heterocycles. The van der Waals surface area contributed by atoms with Gasteiger partial charge in [0.05, 0.1) is 14.7 Å². The second-order valence-corrected chi connectivity index (χ2v) is 5.62. The molecule has 0 bridgehead atoms. The summed E-state index contributed by atoms with van der Waals surface area (Å²) in [5.41, 5.74) is 0.152. The smallest absolute Gasteiger partial charge is 0.231 e. The van der Waals surface area contributed by atoms with Crippen LogP contribution in [-0.4, -0.2) is 19.0 Å². The van der Waals surface area contributed by atoms with Gasteiger partial charge in [0.25, 0.3) is 0 Å². The summed E-state index contributed by atoms with van der Waals surface area (Å²) in [5, 5.41) is 5.98. The Labute approximate surface area is 113 Å². The van der Waals surface area contributed by atoms with Crippen molar-refractivity contribution in [2.75, 3.05) is 18.4 Å². The largest absolute Gasteiger partial charge is 0.325 e. The Balaban J connectivity index is 2.16. The molecule has 1 aromatic rings. The van der Waals surface area contributed by atoms with Gasteiger partial charge in [0.2, 0.25) is 5.91 Å². The van der Waals surface area contributed by atoms with Gasteiger partial charge in [-0.05, 0) is 54.6 Å². The van der Waals surface area contributed by atoms with Crippen LogP contribution in [0.25, 0.3) is 0 Å². The molecule has 0 aromatic heterocycles. The number of amides is 1. The van der Waals surface area contributed by atoms with Gasteiger partial charge in [-0.3, -0.25) is 4.79 Å². The maximum atomic E-state index is 13.3. The van der Waals surface area contributed by atoms with Crippen LogP contribution in [0.15, 0.2) is 18.2 Å². The molecule has 1 heterocycles. The molecule has 0 aliphatic carbocycles. The second kappa shape index (κ2) is 4.89. The number of rotatable bonds is 2. The SMILES string of the molecule is CC1(C(=O)Nc2cccc(F)c2I)CCNC1. The molecule has 1 atom stereocenters. The van der Waals surface area contributed by atoms with Gasteiger partial charge in [-0.2, -0.15) is 0 Å². The third-order valence-electron chi connectivity index (χ3n) is 3.12. The minimum absolute atomic E-state index is 0.0500. The number of benzene rings is 1. The molecule has 0 radical (unpaired) electrons. The molecule has 2 rings (SSSR count). The molecule has 1 aliphatic rings. The van der Waals surface area contributed by atoms with Gasteiger partial charge in [-0.1, -0.05) is 6.07 Å². The van der Waals surface area contributed by atoms with Crippen molar-refractivity contribution in [3.63, 3.8) is 0 Å². The third kappa shape index (κ3) is 2.60. The van der Waals surface area contributed by atoms with Crippen LogP contribution in [0.3, 0.4) is 0 Å². The molecular weight excluding hydrogens is 334 g/mol. The highest BCUT2D eigenvalue weighted by Gasteiger charge is 2.36. The van der Waals surface area contributed by atoms with Gasteiger partial charge in [-0.15, -0.1) is 0 Å². The van der Waals surface area contributed by atoms with Crippen molar-refractivity contribution in [2.24, 2.45) is 5.41 Å². The molecule has 5 heteroatoms. The maximum Gasteiger partial charge on any atom is 0.231 e. The Morgan fingerprint density at radius 2 is 2.35 bits per heavy atom. The lowest BCUT2D eigenvalue weighted by Gasteiger charge is -2.21. The highest BCUT2D eigenvalue weighted by atomic mass is 127. The number of halogens is 2. The fourth-order valence-corrected chi connectivity index (χ4v) is 2.38. The Hall–Kier alpha value is -0.690. The van der Waals surface area contributed by atoms with E-state index in [1.807, 2.05) is 29.5 Å². The number of hydrogen-bond acceptors (Lipinski definition) is 2. The fourth-order valence-electron chi connectivity index (χ4n) is 1.88. The first-order valence-corrected chi connectivity index (χ1v) is 6.57. The molecule has 92 valence electrons. The van der Waals surface area contributed by atoms with E-state index in [4.69, 9.17) is 0 Å². The summed E-state index contributed by atoms with van der Waals surface area (Å²) < 4.78 is 13.8. The predicted octanol–water partition coefficient (Wildman–Crippen LogP) is 2.37.